The fourth-order valence-electron chi connectivity index (χ4n) is 1.96. The van der Waals surface area contributed by atoms with E-state index in [4.69, 9.17) is 0 Å². The van der Waals surface area contributed by atoms with E-state index in [-0.39, 0.29) is 10.8 Å². The average molecular weight is 217 g/mol. The van der Waals surface area contributed by atoms with Crippen LogP contribution in [0.3, 0.4) is 0 Å². The van der Waals surface area contributed by atoms with Gasteiger partial charge in [0.1, 0.15) is 0 Å². The quantitative estimate of drug-likeness (QED) is 0.642. The molecule has 0 heterocycles. The van der Waals surface area contributed by atoms with Gasteiger partial charge < -0.3 is 0 Å². The largest absolute Gasteiger partial charge is 0.0585 e. The van der Waals surface area contributed by atoms with Crippen molar-refractivity contribution in [1.82, 2.24) is 0 Å². The molecule has 0 saturated heterocycles. The van der Waals surface area contributed by atoms with Crippen molar-refractivity contribution in [3.8, 4) is 0 Å². The predicted octanol–water partition coefficient (Wildman–Crippen LogP) is 4.66. The molecule has 0 bridgehead atoms. The topological polar surface area (TPSA) is 0 Å². The number of benzene rings is 1. The smallest absolute Gasteiger partial charge is 0.0129 e. The van der Waals surface area contributed by atoms with E-state index in [0.29, 0.717) is 0 Å². The van der Waals surface area contributed by atoms with E-state index in [2.05, 4.69) is 66.7 Å². The maximum absolute atomic E-state index is 4.02. The van der Waals surface area contributed by atoms with Gasteiger partial charge in [0.15, 0.2) is 0 Å². The van der Waals surface area contributed by atoms with Gasteiger partial charge in [0.2, 0.25) is 0 Å². The van der Waals surface area contributed by atoms with Gasteiger partial charge in [-0.05, 0) is 40.9 Å². The zero-order chi connectivity index (χ0) is 12.6. The van der Waals surface area contributed by atoms with E-state index < -0.39 is 0 Å². The van der Waals surface area contributed by atoms with E-state index in [1.807, 2.05) is 0 Å². The molecule has 0 fully saturated rings. The second-order valence-corrected chi connectivity index (χ2v) is 6.62. The molecule has 1 aromatic carbocycles. The minimum atomic E-state index is 0.203. The van der Waals surface area contributed by atoms with Gasteiger partial charge >= 0.3 is 0 Å². The molecule has 0 aliphatic carbocycles. The molecule has 0 spiro atoms. The third kappa shape index (κ3) is 2.87. The van der Waals surface area contributed by atoms with Gasteiger partial charge in [-0.15, -0.1) is 0 Å². The van der Waals surface area contributed by atoms with Gasteiger partial charge in [0, 0.05) is 0 Å². The summed E-state index contributed by atoms with van der Waals surface area (Å²) >= 11 is 0. The van der Waals surface area contributed by atoms with Gasteiger partial charge in [0.05, 0.1) is 0 Å². The van der Waals surface area contributed by atoms with Crippen LogP contribution in [0.4, 0.5) is 0 Å². The Kier molecular flexibility index (Phi) is 3.52. The fourth-order valence-corrected chi connectivity index (χ4v) is 1.96. The zero-order valence-corrected chi connectivity index (χ0v) is 11.6. The lowest BCUT2D eigenvalue weighted by atomic mass is 9.78. The molecule has 0 N–H and O–H groups in total. The molecule has 1 rings (SSSR count). The Morgan fingerprint density at radius 1 is 0.938 bits per heavy atom. The Labute approximate surface area is 101 Å². The first-order chi connectivity index (χ1) is 7.16. The summed E-state index contributed by atoms with van der Waals surface area (Å²) in [4.78, 5) is 0. The zero-order valence-electron chi connectivity index (χ0n) is 11.6. The molecule has 0 heteroatoms. The van der Waals surface area contributed by atoms with E-state index in [0.717, 1.165) is 6.42 Å². The van der Waals surface area contributed by atoms with Crippen molar-refractivity contribution in [3.05, 3.63) is 41.8 Å². The minimum absolute atomic E-state index is 0.203. The molecule has 1 radical (unpaired) electrons. The summed E-state index contributed by atoms with van der Waals surface area (Å²) in [5.74, 6) is 0. The van der Waals surface area contributed by atoms with Crippen LogP contribution in [0.15, 0.2) is 18.2 Å². The van der Waals surface area contributed by atoms with Crippen LogP contribution in [0.5, 0.6) is 0 Å². The Hall–Kier alpha value is -0.780. The molecule has 89 valence electrons. The van der Waals surface area contributed by atoms with Crippen LogP contribution in [0, 0.1) is 6.92 Å². The molecule has 0 amide bonds. The normalized spacial score (nSPS) is 12.9. The second-order valence-electron chi connectivity index (χ2n) is 6.62. The highest BCUT2D eigenvalue weighted by atomic mass is 14.3. The Bertz CT molecular complexity index is 359. The highest BCUT2D eigenvalue weighted by molar-refractivity contribution is 5.39. The van der Waals surface area contributed by atoms with Crippen molar-refractivity contribution < 1.29 is 0 Å². The van der Waals surface area contributed by atoms with Crippen LogP contribution in [-0.2, 0) is 17.3 Å². The maximum atomic E-state index is 4.02. The Morgan fingerprint density at radius 3 is 1.88 bits per heavy atom. The van der Waals surface area contributed by atoms with E-state index >= 15 is 0 Å². The van der Waals surface area contributed by atoms with E-state index in [9.17, 15) is 0 Å². The Balaban J connectivity index is 3.34. The molecule has 16 heavy (non-hydrogen) atoms. The lowest BCUT2D eigenvalue weighted by Gasteiger charge is -2.27. The summed E-state index contributed by atoms with van der Waals surface area (Å²) in [7, 11) is 0. The summed E-state index contributed by atoms with van der Waals surface area (Å²) in [6, 6.07) is 6.85. The van der Waals surface area contributed by atoms with Crippen molar-refractivity contribution >= 4 is 0 Å². The number of rotatable bonds is 1. The third-order valence-corrected chi connectivity index (χ3v) is 3.05. The fraction of sp³-hybridized carbons (Fsp3) is 0.562. The number of hydrogen-bond acceptors (Lipinski definition) is 0. The molecule has 0 nitrogen and oxygen atoms in total. The predicted molar refractivity (Wildman–Crippen MR) is 72.9 cm³/mol. The van der Waals surface area contributed by atoms with Gasteiger partial charge in [-0.25, -0.2) is 0 Å². The standard InChI is InChI=1S/C16H25/c1-8-12-9-10-13(15(2,3)4)11-14(12)16(5,6)7/h9-11H,1,8H2,2-7H3. The molecule has 0 aliphatic heterocycles. The van der Waals surface area contributed by atoms with Gasteiger partial charge in [-0.3, -0.25) is 0 Å². The van der Waals surface area contributed by atoms with Crippen molar-refractivity contribution in [2.24, 2.45) is 0 Å². The second kappa shape index (κ2) is 4.24. The molecule has 1 aromatic rings. The highest BCUT2D eigenvalue weighted by Crippen LogP contribution is 2.31. The Morgan fingerprint density at radius 2 is 1.50 bits per heavy atom. The van der Waals surface area contributed by atoms with Crippen LogP contribution in [0.2, 0.25) is 0 Å². The third-order valence-electron chi connectivity index (χ3n) is 3.05. The van der Waals surface area contributed by atoms with Crippen molar-refractivity contribution in [2.75, 3.05) is 0 Å². The SMILES string of the molecule is [CH2]Cc1ccc(C(C)(C)C)cc1C(C)(C)C. The van der Waals surface area contributed by atoms with Crippen molar-refractivity contribution in [3.63, 3.8) is 0 Å². The molecule has 0 aliphatic rings. The lowest BCUT2D eigenvalue weighted by molar-refractivity contribution is 0.564. The van der Waals surface area contributed by atoms with Crippen LogP contribution >= 0.6 is 0 Å². The molecule has 0 atom stereocenters. The molecule has 0 saturated carbocycles. The van der Waals surface area contributed by atoms with Gasteiger partial charge in [-0.1, -0.05) is 59.7 Å². The van der Waals surface area contributed by atoms with Crippen LogP contribution in [-0.4, -0.2) is 0 Å². The van der Waals surface area contributed by atoms with Crippen LogP contribution < -0.4 is 0 Å². The van der Waals surface area contributed by atoms with Gasteiger partial charge in [-0.2, -0.15) is 0 Å². The maximum Gasteiger partial charge on any atom is -0.0129 e. The van der Waals surface area contributed by atoms with Crippen LogP contribution in [0.1, 0.15) is 58.2 Å². The first-order valence-corrected chi connectivity index (χ1v) is 6.09. The molecule has 0 unspecified atom stereocenters. The summed E-state index contributed by atoms with van der Waals surface area (Å²) in [5, 5.41) is 0. The average Bonchev–Trinajstić information content (AvgIpc) is 2.14. The van der Waals surface area contributed by atoms with Crippen molar-refractivity contribution in [1.29, 1.82) is 0 Å². The van der Waals surface area contributed by atoms with E-state index in [1.54, 1.807) is 0 Å². The molecular weight excluding hydrogens is 192 g/mol. The van der Waals surface area contributed by atoms with Crippen LogP contribution in [0.25, 0.3) is 0 Å². The lowest BCUT2D eigenvalue weighted by Crippen LogP contribution is -2.18. The summed E-state index contributed by atoms with van der Waals surface area (Å²) in [6.07, 6.45) is 0.872. The highest BCUT2D eigenvalue weighted by Gasteiger charge is 2.21. The van der Waals surface area contributed by atoms with Crippen molar-refractivity contribution in [2.45, 2.75) is 58.8 Å². The summed E-state index contributed by atoms with van der Waals surface area (Å²) < 4.78 is 0. The van der Waals surface area contributed by atoms with E-state index in [1.165, 1.54) is 16.7 Å². The van der Waals surface area contributed by atoms with Gasteiger partial charge in [0.25, 0.3) is 0 Å². The first-order valence-electron chi connectivity index (χ1n) is 6.09. The molecular formula is C16H25. The summed E-state index contributed by atoms with van der Waals surface area (Å²) in [6.45, 7) is 17.6. The minimum Gasteiger partial charge on any atom is -0.0585 e. The molecule has 0 aromatic heterocycles. The monoisotopic (exact) mass is 217 g/mol. The summed E-state index contributed by atoms with van der Waals surface area (Å²) in [5.41, 5.74) is 4.65. The number of hydrogen-bond donors (Lipinski definition) is 0. The first kappa shape index (κ1) is 13.3.